The summed E-state index contributed by atoms with van der Waals surface area (Å²) in [4.78, 5) is 30.5. The molecular formula is C22H24N8O2. The molecule has 0 bridgehead atoms. The van der Waals surface area contributed by atoms with E-state index in [9.17, 15) is 4.79 Å². The zero-order valence-corrected chi connectivity index (χ0v) is 17.9. The highest BCUT2D eigenvalue weighted by molar-refractivity contribution is 5.97. The molecule has 0 radical (unpaired) electrons. The van der Waals surface area contributed by atoms with Crippen LogP contribution in [0.25, 0.3) is 27.8 Å². The third-order valence-corrected chi connectivity index (χ3v) is 6.81. The van der Waals surface area contributed by atoms with E-state index in [4.69, 9.17) is 9.72 Å². The second-order valence-electron chi connectivity index (χ2n) is 8.72. The molecule has 1 saturated carbocycles. The summed E-state index contributed by atoms with van der Waals surface area (Å²) in [5, 5.41) is 8.56. The summed E-state index contributed by atoms with van der Waals surface area (Å²) in [5.41, 5.74) is 3.42. The molecule has 10 heteroatoms. The molecule has 2 N–H and O–H groups in total. The molecule has 1 saturated heterocycles. The minimum atomic E-state index is 0.174. The topological polar surface area (TPSA) is 113 Å². The summed E-state index contributed by atoms with van der Waals surface area (Å²) in [6.07, 6.45) is 7.42. The number of aromatic amines is 1. The van der Waals surface area contributed by atoms with Crippen LogP contribution in [0.1, 0.15) is 19.8 Å². The lowest BCUT2D eigenvalue weighted by Crippen LogP contribution is -2.29. The predicted octanol–water partition coefficient (Wildman–Crippen LogP) is 2.34. The van der Waals surface area contributed by atoms with Gasteiger partial charge in [-0.1, -0.05) is 0 Å². The number of carbonyl (C=O) groups excluding carboxylic acids is 1. The van der Waals surface area contributed by atoms with Crippen LogP contribution < -0.4 is 10.1 Å². The molecule has 6 rings (SSSR count). The van der Waals surface area contributed by atoms with Crippen molar-refractivity contribution in [3.8, 4) is 17.0 Å². The first-order chi connectivity index (χ1) is 15.6. The van der Waals surface area contributed by atoms with E-state index in [1.807, 2.05) is 29.4 Å². The van der Waals surface area contributed by atoms with Crippen molar-refractivity contribution in [2.24, 2.45) is 11.8 Å². The van der Waals surface area contributed by atoms with Crippen molar-refractivity contribution in [1.82, 2.24) is 34.4 Å². The first kappa shape index (κ1) is 19.0. The molecule has 10 nitrogen and oxygen atoms in total. The summed E-state index contributed by atoms with van der Waals surface area (Å²) in [6, 6.07) is 4.22. The van der Waals surface area contributed by atoms with Gasteiger partial charge in [0.05, 0.1) is 12.5 Å². The van der Waals surface area contributed by atoms with Gasteiger partial charge in [0.1, 0.15) is 12.0 Å². The van der Waals surface area contributed by atoms with E-state index in [1.165, 1.54) is 6.33 Å². The molecule has 4 aromatic heterocycles. The fraction of sp³-hybridized carbons (Fsp3) is 0.409. The average Bonchev–Trinajstić information content (AvgIpc) is 3.54. The van der Waals surface area contributed by atoms with Gasteiger partial charge in [0, 0.05) is 49.6 Å². The zero-order chi connectivity index (χ0) is 21.8. The molecule has 3 atom stereocenters. The lowest BCUT2D eigenvalue weighted by molar-refractivity contribution is -0.128. The van der Waals surface area contributed by atoms with E-state index < -0.39 is 0 Å². The molecule has 2 fully saturated rings. The number of methoxy groups -OCH3 is 1. The lowest BCUT2D eigenvalue weighted by atomic mass is 10.0. The fourth-order valence-electron chi connectivity index (χ4n) is 5.27. The van der Waals surface area contributed by atoms with Gasteiger partial charge >= 0.3 is 0 Å². The maximum atomic E-state index is 11.7. The summed E-state index contributed by atoms with van der Waals surface area (Å²) in [6.45, 7) is 3.37. The summed E-state index contributed by atoms with van der Waals surface area (Å²) < 4.78 is 7.39. The van der Waals surface area contributed by atoms with E-state index in [1.54, 1.807) is 18.5 Å². The number of fused-ring (bicyclic) bond motifs is 3. The minimum Gasteiger partial charge on any atom is -0.480 e. The Labute approximate surface area is 184 Å². The van der Waals surface area contributed by atoms with Gasteiger partial charge in [0.15, 0.2) is 5.65 Å². The Bertz CT molecular complexity index is 1310. The van der Waals surface area contributed by atoms with E-state index in [0.717, 1.165) is 48.1 Å². The van der Waals surface area contributed by atoms with Crippen molar-refractivity contribution >= 4 is 28.5 Å². The third kappa shape index (κ3) is 3.05. The van der Waals surface area contributed by atoms with Crippen LogP contribution in [-0.4, -0.2) is 66.6 Å². The Hall–Kier alpha value is -3.69. The molecular weight excluding hydrogens is 408 g/mol. The number of pyridine rings is 1. The highest BCUT2D eigenvalue weighted by Crippen LogP contribution is 2.40. The molecule has 1 amide bonds. The van der Waals surface area contributed by atoms with Gasteiger partial charge in [-0.15, -0.1) is 0 Å². The highest BCUT2D eigenvalue weighted by atomic mass is 16.5. The molecule has 5 heterocycles. The van der Waals surface area contributed by atoms with E-state index >= 15 is 0 Å². The number of anilines is 1. The fourth-order valence-corrected chi connectivity index (χ4v) is 5.27. The molecule has 1 aliphatic carbocycles. The number of amides is 1. The Morgan fingerprint density at radius 2 is 2.03 bits per heavy atom. The molecule has 32 heavy (non-hydrogen) atoms. The number of aromatic nitrogens is 6. The number of hydrogen-bond donors (Lipinski definition) is 2. The Kier molecular flexibility index (Phi) is 4.27. The Morgan fingerprint density at radius 1 is 1.22 bits per heavy atom. The predicted molar refractivity (Wildman–Crippen MR) is 118 cm³/mol. The van der Waals surface area contributed by atoms with E-state index in [0.29, 0.717) is 35.4 Å². The quantitative estimate of drug-likeness (QED) is 0.509. The summed E-state index contributed by atoms with van der Waals surface area (Å²) >= 11 is 0. The first-order valence-electron chi connectivity index (χ1n) is 10.8. The van der Waals surface area contributed by atoms with Gasteiger partial charge in [0.2, 0.25) is 17.7 Å². The monoisotopic (exact) mass is 432 g/mol. The van der Waals surface area contributed by atoms with Crippen LogP contribution >= 0.6 is 0 Å². The van der Waals surface area contributed by atoms with Gasteiger partial charge in [-0.05, 0) is 36.8 Å². The summed E-state index contributed by atoms with van der Waals surface area (Å²) in [5.74, 6) is 2.35. The van der Waals surface area contributed by atoms with Gasteiger partial charge in [-0.25, -0.2) is 9.50 Å². The molecule has 4 aromatic rings. The maximum absolute atomic E-state index is 11.7. The van der Waals surface area contributed by atoms with Crippen LogP contribution in [0, 0.1) is 11.8 Å². The van der Waals surface area contributed by atoms with Crippen LogP contribution in [-0.2, 0) is 4.79 Å². The maximum Gasteiger partial charge on any atom is 0.228 e. The third-order valence-electron chi connectivity index (χ3n) is 6.81. The van der Waals surface area contributed by atoms with Crippen molar-refractivity contribution in [3.63, 3.8) is 0 Å². The van der Waals surface area contributed by atoms with Crippen LogP contribution in [0.5, 0.6) is 5.88 Å². The van der Waals surface area contributed by atoms with Crippen molar-refractivity contribution in [2.75, 3.05) is 25.5 Å². The largest absolute Gasteiger partial charge is 0.480 e. The molecule has 1 aliphatic heterocycles. The number of rotatable bonds is 4. The number of hydrogen-bond acceptors (Lipinski definition) is 7. The van der Waals surface area contributed by atoms with Gasteiger partial charge in [0.25, 0.3) is 0 Å². The van der Waals surface area contributed by atoms with Crippen LogP contribution in [0.15, 0.2) is 30.9 Å². The number of ether oxygens (including phenoxy) is 1. The summed E-state index contributed by atoms with van der Waals surface area (Å²) in [7, 11) is 1.62. The van der Waals surface area contributed by atoms with E-state index in [-0.39, 0.29) is 5.91 Å². The number of likely N-dealkylation sites (tertiary alicyclic amines) is 1. The second-order valence-corrected chi connectivity index (χ2v) is 8.72. The van der Waals surface area contributed by atoms with Crippen molar-refractivity contribution in [1.29, 1.82) is 0 Å². The zero-order valence-electron chi connectivity index (χ0n) is 17.9. The van der Waals surface area contributed by atoms with Crippen LogP contribution in [0.2, 0.25) is 0 Å². The van der Waals surface area contributed by atoms with Gasteiger partial charge in [-0.2, -0.15) is 15.1 Å². The molecule has 1 unspecified atom stereocenters. The normalized spacial score (nSPS) is 22.6. The Balaban J connectivity index is 1.27. The number of H-pyrrole nitrogens is 1. The minimum absolute atomic E-state index is 0.174. The van der Waals surface area contributed by atoms with Gasteiger partial charge < -0.3 is 19.9 Å². The smallest absolute Gasteiger partial charge is 0.228 e. The number of carbonyl (C=O) groups is 1. The second kappa shape index (κ2) is 7.18. The molecule has 164 valence electrons. The standard InChI is InChI=1S/C22H24N8O2/c1-12(31)29-8-14-5-16(6-15(14)9-29)26-22-27-20-19(21(28-22)32-2)17(7-23-20)13-3-4-18-24-11-25-30(18)10-13/h3-4,7,10-11,14-16H,5-6,8-9H2,1-2H3,(H2,23,26,27,28)/t14-,15+,16?. The number of nitrogens with one attached hydrogen (secondary N) is 2. The first-order valence-corrected chi connectivity index (χ1v) is 10.8. The van der Waals surface area contributed by atoms with Crippen molar-refractivity contribution in [2.45, 2.75) is 25.8 Å². The highest BCUT2D eigenvalue weighted by Gasteiger charge is 2.41. The number of nitrogens with zero attached hydrogens (tertiary/aromatic N) is 6. The molecule has 0 spiro atoms. The molecule has 0 aromatic carbocycles. The van der Waals surface area contributed by atoms with Crippen molar-refractivity contribution < 1.29 is 9.53 Å². The van der Waals surface area contributed by atoms with E-state index in [2.05, 4.69) is 25.4 Å². The van der Waals surface area contributed by atoms with Gasteiger partial charge in [-0.3, -0.25) is 4.79 Å². The lowest BCUT2D eigenvalue weighted by Gasteiger charge is -2.18. The Morgan fingerprint density at radius 3 is 2.78 bits per heavy atom. The van der Waals surface area contributed by atoms with Crippen LogP contribution in [0.3, 0.4) is 0 Å². The molecule has 2 aliphatic rings. The average molecular weight is 432 g/mol. The van der Waals surface area contributed by atoms with Crippen molar-refractivity contribution in [3.05, 3.63) is 30.9 Å². The van der Waals surface area contributed by atoms with Crippen LogP contribution in [0.4, 0.5) is 5.95 Å². The SMILES string of the molecule is COc1nc(NC2C[C@@H]3CN(C(C)=O)C[C@@H]3C2)nc2[nH]cc(-c3ccc4ncnn4c3)c12.